The third-order valence-corrected chi connectivity index (χ3v) is 7.40. The van der Waals surface area contributed by atoms with Crippen LogP contribution in [0.2, 0.25) is 0 Å². The predicted molar refractivity (Wildman–Crippen MR) is 105 cm³/mol. The molecule has 1 aliphatic heterocycles. The Labute approximate surface area is 160 Å². The Morgan fingerprint density at radius 3 is 2.52 bits per heavy atom. The van der Waals surface area contributed by atoms with Gasteiger partial charge in [0.05, 0.1) is 28.6 Å². The summed E-state index contributed by atoms with van der Waals surface area (Å²) in [6.45, 7) is 0.429. The zero-order chi connectivity index (χ0) is 19.5. The molecule has 0 atom stereocenters. The molecule has 146 valence electrons. The van der Waals surface area contributed by atoms with Gasteiger partial charge in [0.25, 0.3) is 10.0 Å². The van der Waals surface area contributed by atoms with Gasteiger partial charge in [-0.05, 0) is 42.7 Å². The van der Waals surface area contributed by atoms with Crippen LogP contribution in [-0.4, -0.2) is 42.8 Å². The van der Waals surface area contributed by atoms with Gasteiger partial charge in [0.2, 0.25) is 10.0 Å². The Hall–Kier alpha value is -2.10. The molecule has 0 aliphatic carbocycles. The van der Waals surface area contributed by atoms with Gasteiger partial charge in [0, 0.05) is 13.7 Å². The van der Waals surface area contributed by atoms with Gasteiger partial charge in [-0.3, -0.25) is 9.03 Å². The highest BCUT2D eigenvalue weighted by Crippen LogP contribution is 2.34. The molecule has 0 aromatic heterocycles. The smallest absolute Gasteiger partial charge is 0.264 e. The predicted octanol–water partition coefficient (Wildman–Crippen LogP) is 2.22. The van der Waals surface area contributed by atoms with E-state index in [1.165, 1.54) is 11.4 Å². The first-order valence-electron chi connectivity index (χ1n) is 8.54. The van der Waals surface area contributed by atoms with Crippen LogP contribution in [-0.2, 0) is 31.2 Å². The lowest BCUT2D eigenvalue weighted by molar-refractivity contribution is 0.217. The Balaban J connectivity index is 1.95. The number of hydrogen-bond acceptors (Lipinski definition) is 5. The van der Waals surface area contributed by atoms with E-state index in [0.717, 1.165) is 12.0 Å². The van der Waals surface area contributed by atoms with Gasteiger partial charge in [0.15, 0.2) is 0 Å². The van der Waals surface area contributed by atoms with E-state index in [1.807, 2.05) is 0 Å². The molecule has 1 N–H and O–H groups in total. The number of nitrogens with one attached hydrogen (secondary N) is 1. The van der Waals surface area contributed by atoms with Crippen LogP contribution >= 0.6 is 0 Å². The molecule has 1 heterocycles. The van der Waals surface area contributed by atoms with Gasteiger partial charge in [-0.25, -0.2) is 16.8 Å². The van der Waals surface area contributed by atoms with E-state index in [1.54, 1.807) is 48.5 Å². The fraction of sp³-hybridized carbons (Fsp3) is 0.333. The molecule has 3 rings (SSSR count). The molecular formula is C18H22N2O5S2. The summed E-state index contributed by atoms with van der Waals surface area (Å²) < 4.78 is 59.0. The van der Waals surface area contributed by atoms with Crippen LogP contribution in [0.3, 0.4) is 0 Å². The largest absolute Gasteiger partial charge is 0.384 e. The third-order valence-electron chi connectivity index (χ3n) is 4.32. The first kappa shape index (κ1) is 19.7. The van der Waals surface area contributed by atoms with E-state index >= 15 is 0 Å². The van der Waals surface area contributed by atoms with E-state index < -0.39 is 20.0 Å². The summed E-state index contributed by atoms with van der Waals surface area (Å²) in [7, 11) is -5.85. The summed E-state index contributed by atoms with van der Waals surface area (Å²) in [5, 5.41) is 0. The Kier molecular flexibility index (Phi) is 5.73. The molecular weight excluding hydrogens is 388 g/mol. The van der Waals surface area contributed by atoms with E-state index in [9.17, 15) is 16.8 Å². The lowest BCUT2D eigenvalue weighted by atomic mass is 10.0. The maximum absolute atomic E-state index is 13.1. The summed E-state index contributed by atoms with van der Waals surface area (Å²) in [6.07, 6.45) is 1.45. The molecule has 0 bridgehead atoms. The number of sulfonamides is 2. The summed E-state index contributed by atoms with van der Waals surface area (Å²) in [6, 6.07) is 13.2. The van der Waals surface area contributed by atoms with Crippen LogP contribution < -0.4 is 9.03 Å². The first-order valence-corrected chi connectivity index (χ1v) is 11.6. The standard InChI is InChI=1S/C18H22N2O5S2/c1-25-12-13-26(21,22)19-16-10-9-15-6-5-11-20(18(15)14-16)27(23,24)17-7-3-2-4-8-17/h2-4,7-10,14,19H,5-6,11-13H2,1H3. The molecule has 0 saturated heterocycles. The molecule has 0 unspecified atom stereocenters. The zero-order valence-electron chi connectivity index (χ0n) is 15.0. The van der Waals surface area contributed by atoms with Crippen LogP contribution in [0, 0.1) is 0 Å². The van der Waals surface area contributed by atoms with Crippen molar-refractivity contribution in [2.45, 2.75) is 17.7 Å². The summed E-state index contributed by atoms with van der Waals surface area (Å²) in [5.74, 6) is -0.174. The number of anilines is 2. The minimum atomic E-state index is -3.71. The van der Waals surface area contributed by atoms with Crippen LogP contribution in [0.1, 0.15) is 12.0 Å². The highest BCUT2D eigenvalue weighted by molar-refractivity contribution is 7.93. The number of nitrogens with zero attached hydrogens (tertiary/aromatic N) is 1. The average Bonchev–Trinajstić information content (AvgIpc) is 2.66. The number of fused-ring (bicyclic) bond motifs is 1. The summed E-state index contributed by atoms with van der Waals surface area (Å²) in [4.78, 5) is 0.212. The molecule has 0 saturated carbocycles. The lowest BCUT2D eigenvalue weighted by Gasteiger charge is -2.31. The molecule has 0 amide bonds. The summed E-state index contributed by atoms with van der Waals surface area (Å²) in [5.41, 5.74) is 1.72. The molecule has 1 aliphatic rings. The molecule has 9 heteroatoms. The Morgan fingerprint density at radius 2 is 1.81 bits per heavy atom. The van der Waals surface area contributed by atoms with Crippen molar-refractivity contribution in [2.75, 3.05) is 35.0 Å². The van der Waals surface area contributed by atoms with Crippen molar-refractivity contribution < 1.29 is 21.6 Å². The van der Waals surface area contributed by atoms with E-state index in [2.05, 4.69) is 4.72 Å². The quantitative estimate of drug-likeness (QED) is 0.756. The zero-order valence-corrected chi connectivity index (χ0v) is 16.6. The van der Waals surface area contributed by atoms with Crippen LogP contribution in [0.15, 0.2) is 53.4 Å². The van der Waals surface area contributed by atoms with Crippen LogP contribution in [0.4, 0.5) is 11.4 Å². The highest BCUT2D eigenvalue weighted by atomic mass is 32.2. The molecule has 0 spiro atoms. The number of methoxy groups -OCH3 is 1. The van der Waals surface area contributed by atoms with Gasteiger partial charge in [-0.15, -0.1) is 0 Å². The average molecular weight is 411 g/mol. The van der Waals surface area contributed by atoms with Gasteiger partial charge < -0.3 is 4.74 Å². The molecule has 2 aromatic rings. The third kappa shape index (κ3) is 4.42. The monoisotopic (exact) mass is 410 g/mol. The van der Waals surface area contributed by atoms with Crippen molar-refractivity contribution in [3.63, 3.8) is 0 Å². The fourth-order valence-corrected chi connectivity index (χ4v) is 5.53. The number of rotatable bonds is 7. The maximum atomic E-state index is 13.1. The lowest BCUT2D eigenvalue weighted by Crippen LogP contribution is -2.35. The van der Waals surface area contributed by atoms with Gasteiger partial charge in [-0.1, -0.05) is 24.3 Å². The van der Waals surface area contributed by atoms with Crippen LogP contribution in [0.5, 0.6) is 0 Å². The minimum Gasteiger partial charge on any atom is -0.384 e. The molecule has 0 fully saturated rings. The molecule has 7 nitrogen and oxygen atoms in total. The maximum Gasteiger partial charge on any atom is 0.264 e. The first-order chi connectivity index (χ1) is 12.8. The van der Waals surface area contributed by atoms with Crippen molar-refractivity contribution in [3.8, 4) is 0 Å². The van der Waals surface area contributed by atoms with Crippen molar-refractivity contribution in [1.29, 1.82) is 0 Å². The second-order valence-electron chi connectivity index (χ2n) is 6.25. The number of ether oxygens (including phenoxy) is 1. The van der Waals surface area contributed by atoms with Gasteiger partial charge in [0.1, 0.15) is 0 Å². The van der Waals surface area contributed by atoms with Crippen molar-refractivity contribution in [1.82, 2.24) is 0 Å². The fourth-order valence-electron chi connectivity index (χ4n) is 3.00. The van der Waals surface area contributed by atoms with E-state index in [-0.39, 0.29) is 17.3 Å². The van der Waals surface area contributed by atoms with Crippen LogP contribution in [0.25, 0.3) is 0 Å². The second-order valence-corrected chi connectivity index (χ2v) is 9.96. The normalized spacial score (nSPS) is 14.6. The van der Waals surface area contributed by atoms with Crippen molar-refractivity contribution in [2.24, 2.45) is 0 Å². The van der Waals surface area contributed by atoms with Gasteiger partial charge in [-0.2, -0.15) is 0 Å². The molecule has 0 radical (unpaired) electrons. The summed E-state index contributed by atoms with van der Waals surface area (Å²) >= 11 is 0. The number of benzene rings is 2. The molecule has 27 heavy (non-hydrogen) atoms. The SMILES string of the molecule is COCCS(=O)(=O)Nc1ccc2c(c1)N(S(=O)(=O)c1ccccc1)CCC2. The van der Waals surface area contributed by atoms with Crippen molar-refractivity contribution in [3.05, 3.63) is 54.1 Å². The Bertz CT molecular complexity index is 1010. The topological polar surface area (TPSA) is 92.8 Å². The second kappa shape index (κ2) is 7.87. The van der Waals surface area contributed by atoms with Crippen molar-refractivity contribution >= 4 is 31.4 Å². The molecule has 2 aromatic carbocycles. The minimum absolute atomic E-state index is 0.0782. The number of aryl methyl sites for hydroxylation is 1. The van der Waals surface area contributed by atoms with E-state index in [0.29, 0.717) is 24.3 Å². The Morgan fingerprint density at radius 1 is 1.07 bits per heavy atom. The van der Waals surface area contributed by atoms with Gasteiger partial charge >= 0.3 is 0 Å². The highest BCUT2D eigenvalue weighted by Gasteiger charge is 2.29. The van der Waals surface area contributed by atoms with E-state index in [4.69, 9.17) is 4.74 Å². The number of hydrogen-bond donors (Lipinski definition) is 1.